The van der Waals surface area contributed by atoms with E-state index < -0.39 is 0 Å². The van der Waals surface area contributed by atoms with E-state index in [0.29, 0.717) is 5.56 Å². The van der Waals surface area contributed by atoms with E-state index in [0.717, 1.165) is 5.56 Å². The molecule has 0 aliphatic carbocycles. The molecule has 104 valence electrons. The van der Waals surface area contributed by atoms with Crippen molar-refractivity contribution in [3.63, 3.8) is 0 Å². The Bertz CT molecular complexity index is 539. The van der Waals surface area contributed by atoms with Gasteiger partial charge in [-0.1, -0.05) is 48.5 Å². The van der Waals surface area contributed by atoms with Gasteiger partial charge in [0.05, 0.1) is 5.56 Å². The summed E-state index contributed by atoms with van der Waals surface area (Å²) in [6, 6.07) is 18.9. The molecule has 0 heterocycles. The van der Waals surface area contributed by atoms with Crippen LogP contribution in [-0.4, -0.2) is 19.1 Å². The summed E-state index contributed by atoms with van der Waals surface area (Å²) in [5.41, 5.74) is 1.55. The minimum atomic E-state index is -0.311. The summed E-state index contributed by atoms with van der Waals surface area (Å²) in [5.74, 6) is -0.304. The third kappa shape index (κ3) is 3.45. The zero-order chi connectivity index (χ0) is 14.4. The van der Waals surface area contributed by atoms with Gasteiger partial charge in [-0.15, -0.1) is 0 Å². The van der Waals surface area contributed by atoms with Gasteiger partial charge >= 0.3 is 5.97 Å². The molecule has 0 fully saturated rings. The second-order valence-electron chi connectivity index (χ2n) is 4.68. The number of carbonyl (C=O) groups is 1. The van der Waals surface area contributed by atoms with Crippen LogP contribution in [0.25, 0.3) is 0 Å². The number of carbonyl (C=O) groups excluding carboxylic acids is 1. The Kier molecular flexibility index (Phi) is 4.91. The van der Waals surface area contributed by atoms with Crippen molar-refractivity contribution in [1.29, 1.82) is 0 Å². The number of hydrogen-bond donors (Lipinski definition) is 1. The highest BCUT2D eigenvalue weighted by atomic mass is 16.5. The molecule has 3 heteroatoms. The lowest BCUT2D eigenvalue weighted by atomic mass is 10.0. The Morgan fingerprint density at radius 3 is 2.10 bits per heavy atom. The van der Waals surface area contributed by atoms with Crippen LogP contribution in [0.3, 0.4) is 0 Å². The zero-order valence-corrected chi connectivity index (χ0v) is 11.7. The molecule has 2 atom stereocenters. The maximum absolute atomic E-state index is 12.2. The van der Waals surface area contributed by atoms with Crippen LogP contribution in [0.15, 0.2) is 60.7 Å². The van der Waals surface area contributed by atoms with Gasteiger partial charge in [0, 0.05) is 6.04 Å². The largest absolute Gasteiger partial charge is 0.452 e. The minimum absolute atomic E-state index is 0.0325. The smallest absolute Gasteiger partial charge is 0.338 e. The molecule has 0 unspecified atom stereocenters. The van der Waals surface area contributed by atoms with Gasteiger partial charge in [0.25, 0.3) is 0 Å². The lowest BCUT2D eigenvalue weighted by molar-refractivity contribution is 0.0219. The maximum Gasteiger partial charge on any atom is 0.338 e. The molecule has 0 bridgehead atoms. The molecule has 20 heavy (non-hydrogen) atoms. The van der Waals surface area contributed by atoms with Crippen molar-refractivity contribution >= 4 is 5.97 Å². The number of nitrogens with one attached hydrogen (secondary N) is 1. The first-order valence-corrected chi connectivity index (χ1v) is 6.70. The monoisotopic (exact) mass is 269 g/mol. The molecule has 0 saturated carbocycles. The van der Waals surface area contributed by atoms with Crippen LogP contribution in [0, 0.1) is 0 Å². The van der Waals surface area contributed by atoms with Crippen molar-refractivity contribution < 1.29 is 9.53 Å². The predicted octanol–water partition coefficient (Wildman–Crippen LogP) is 3.19. The number of hydrogen-bond acceptors (Lipinski definition) is 3. The first kappa shape index (κ1) is 14.3. The molecule has 0 amide bonds. The van der Waals surface area contributed by atoms with Crippen LogP contribution in [-0.2, 0) is 4.74 Å². The lowest BCUT2D eigenvalue weighted by Gasteiger charge is -2.24. The van der Waals surface area contributed by atoms with Crippen molar-refractivity contribution in [3.8, 4) is 0 Å². The van der Waals surface area contributed by atoms with Crippen molar-refractivity contribution in [2.24, 2.45) is 0 Å². The van der Waals surface area contributed by atoms with Gasteiger partial charge in [0.15, 0.2) is 0 Å². The molecule has 3 nitrogen and oxygen atoms in total. The van der Waals surface area contributed by atoms with E-state index in [-0.39, 0.29) is 18.1 Å². The van der Waals surface area contributed by atoms with Gasteiger partial charge in [0.2, 0.25) is 0 Å². The second-order valence-corrected chi connectivity index (χ2v) is 4.68. The van der Waals surface area contributed by atoms with Crippen LogP contribution < -0.4 is 5.32 Å². The number of likely N-dealkylation sites (N-methyl/N-ethyl adjacent to an activating group) is 1. The molecule has 0 spiro atoms. The Balaban J connectivity index is 2.19. The summed E-state index contributed by atoms with van der Waals surface area (Å²) in [6.07, 6.45) is -0.311. The molecule has 0 aromatic heterocycles. The van der Waals surface area contributed by atoms with Gasteiger partial charge < -0.3 is 10.1 Å². The van der Waals surface area contributed by atoms with Crippen LogP contribution in [0.1, 0.15) is 28.9 Å². The summed E-state index contributed by atoms with van der Waals surface area (Å²) >= 11 is 0. The van der Waals surface area contributed by atoms with E-state index in [4.69, 9.17) is 4.74 Å². The molecule has 0 saturated heterocycles. The molecule has 2 rings (SSSR count). The number of rotatable bonds is 5. The van der Waals surface area contributed by atoms with Crippen LogP contribution in [0.2, 0.25) is 0 Å². The third-order valence-corrected chi connectivity index (χ3v) is 3.28. The Morgan fingerprint density at radius 1 is 1.00 bits per heavy atom. The fraction of sp³-hybridized carbons (Fsp3) is 0.235. The Morgan fingerprint density at radius 2 is 1.55 bits per heavy atom. The molecule has 0 radical (unpaired) electrons. The highest BCUT2D eigenvalue weighted by Crippen LogP contribution is 2.22. The summed E-state index contributed by atoms with van der Waals surface area (Å²) in [7, 11) is 1.86. The average Bonchev–Trinajstić information content (AvgIpc) is 2.53. The van der Waals surface area contributed by atoms with Crippen molar-refractivity contribution in [2.45, 2.75) is 19.1 Å². The molecular weight excluding hydrogens is 250 g/mol. The minimum Gasteiger partial charge on any atom is -0.452 e. The third-order valence-electron chi connectivity index (χ3n) is 3.28. The van der Waals surface area contributed by atoms with Crippen LogP contribution >= 0.6 is 0 Å². The molecule has 1 N–H and O–H groups in total. The summed E-state index contributed by atoms with van der Waals surface area (Å²) < 4.78 is 5.67. The fourth-order valence-corrected chi connectivity index (χ4v) is 2.01. The van der Waals surface area contributed by atoms with Crippen molar-refractivity contribution in [1.82, 2.24) is 5.32 Å². The topological polar surface area (TPSA) is 38.3 Å². The number of esters is 1. The quantitative estimate of drug-likeness (QED) is 0.847. The molecule has 0 aliphatic heterocycles. The lowest BCUT2D eigenvalue weighted by Crippen LogP contribution is -2.32. The van der Waals surface area contributed by atoms with E-state index >= 15 is 0 Å². The standard InChI is InChI=1S/C17H19NO2/c1-13(18-2)16(14-9-5-3-6-10-14)20-17(19)15-11-7-4-8-12-15/h3-13,16,18H,1-2H3/t13-,16-/m0/s1. The molecule has 2 aromatic rings. The normalized spacial score (nSPS) is 13.5. The molecule has 2 aromatic carbocycles. The van der Waals surface area contributed by atoms with Crippen molar-refractivity contribution in [3.05, 3.63) is 71.8 Å². The SMILES string of the molecule is CN[C@@H](C)[C@H](OC(=O)c1ccccc1)c1ccccc1. The van der Waals surface area contributed by atoms with E-state index in [2.05, 4.69) is 5.32 Å². The highest BCUT2D eigenvalue weighted by Gasteiger charge is 2.22. The predicted molar refractivity (Wildman–Crippen MR) is 79.6 cm³/mol. The van der Waals surface area contributed by atoms with Gasteiger partial charge in [-0.3, -0.25) is 0 Å². The summed E-state index contributed by atoms with van der Waals surface area (Å²) in [6.45, 7) is 2.00. The van der Waals surface area contributed by atoms with Crippen molar-refractivity contribution in [2.75, 3.05) is 7.05 Å². The van der Waals surface area contributed by atoms with Crippen LogP contribution in [0.5, 0.6) is 0 Å². The fourth-order valence-electron chi connectivity index (χ4n) is 2.01. The van der Waals surface area contributed by atoms with Crippen LogP contribution in [0.4, 0.5) is 0 Å². The molecule has 0 aliphatic rings. The zero-order valence-electron chi connectivity index (χ0n) is 11.7. The Labute approximate surface area is 119 Å². The average molecular weight is 269 g/mol. The first-order valence-electron chi connectivity index (χ1n) is 6.70. The first-order chi connectivity index (χ1) is 9.72. The number of benzene rings is 2. The molecular formula is C17H19NO2. The Hall–Kier alpha value is -2.13. The van der Waals surface area contributed by atoms with Gasteiger partial charge in [-0.05, 0) is 31.7 Å². The van der Waals surface area contributed by atoms with E-state index in [1.807, 2.05) is 62.5 Å². The van der Waals surface area contributed by atoms with Gasteiger partial charge in [-0.25, -0.2) is 4.79 Å². The number of ether oxygens (including phenoxy) is 1. The maximum atomic E-state index is 12.2. The second kappa shape index (κ2) is 6.87. The van der Waals surface area contributed by atoms with Gasteiger partial charge in [-0.2, -0.15) is 0 Å². The highest BCUT2D eigenvalue weighted by molar-refractivity contribution is 5.89. The van der Waals surface area contributed by atoms with Gasteiger partial charge in [0.1, 0.15) is 6.10 Å². The summed E-state index contributed by atoms with van der Waals surface area (Å²) in [5, 5.41) is 3.14. The van der Waals surface area contributed by atoms with E-state index in [1.165, 1.54) is 0 Å². The van der Waals surface area contributed by atoms with E-state index in [1.54, 1.807) is 12.1 Å². The van der Waals surface area contributed by atoms with E-state index in [9.17, 15) is 4.79 Å². The summed E-state index contributed by atoms with van der Waals surface area (Å²) in [4.78, 5) is 12.2.